The first-order valence-corrected chi connectivity index (χ1v) is 7.26. The first kappa shape index (κ1) is 15.0. The van der Waals surface area contributed by atoms with Crippen molar-refractivity contribution in [3.8, 4) is 0 Å². The first-order valence-electron chi connectivity index (χ1n) is 6.47. The van der Waals surface area contributed by atoms with Gasteiger partial charge in [-0.15, -0.1) is 0 Å². The van der Waals surface area contributed by atoms with Gasteiger partial charge in [0.25, 0.3) is 5.91 Å². The second-order valence-electron chi connectivity index (χ2n) is 4.87. The highest BCUT2D eigenvalue weighted by Crippen LogP contribution is 2.27. The Morgan fingerprint density at radius 3 is 2.60 bits per heavy atom. The number of nitrogens with zero attached hydrogens (tertiary/aromatic N) is 1. The van der Waals surface area contributed by atoms with E-state index in [1.807, 2.05) is 0 Å². The Hall–Kier alpha value is -1.43. The molecule has 1 fully saturated rings. The van der Waals surface area contributed by atoms with Crippen LogP contribution in [0.5, 0.6) is 0 Å². The van der Waals surface area contributed by atoms with Crippen molar-refractivity contribution in [1.82, 2.24) is 4.90 Å². The van der Waals surface area contributed by atoms with E-state index in [1.165, 1.54) is 23.1 Å². The van der Waals surface area contributed by atoms with Crippen molar-refractivity contribution in [2.45, 2.75) is 31.7 Å². The first-order chi connectivity index (χ1) is 9.50. The van der Waals surface area contributed by atoms with Crippen LogP contribution in [0.3, 0.4) is 0 Å². The summed E-state index contributed by atoms with van der Waals surface area (Å²) in [4.78, 5) is 24.8. The topological polar surface area (TPSA) is 57.6 Å². The van der Waals surface area contributed by atoms with Gasteiger partial charge in [0.05, 0.1) is 10.0 Å². The molecule has 0 atom stereocenters. The zero-order valence-corrected chi connectivity index (χ0v) is 12.4. The van der Waals surface area contributed by atoms with Gasteiger partial charge in [-0.3, -0.25) is 9.59 Å². The zero-order valence-electron chi connectivity index (χ0n) is 10.8. The van der Waals surface area contributed by atoms with E-state index >= 15 is 0 Å². The van der Waals surface area contributed by atoms with E-state index < -0.39 is 17.7 Å². The predicted molar refractivity (Wildman–Crippen MR) is 75.0 cm³/mol. The fourth-order valence-corrected chi connectivity index (χ4v) is 2.99. The van der Waals surface area contributed by atoms with Gasteiger partial charge >= 0.3 is 5.97 Å². The monoisotopic (exact) mass is 343 g/mol. The number of hydrogen-bond acceptors (Lipinski definition) is 2. The maximum atomic E-state index is 13.5. The molecule has 0 heterocycles. The van der Waals surface area contributed by atoms with Gasteiger partial charge in [0, 0.05) is 6.04 Å². The molecule has 1 amide bonds. The molecule has 0 bridgehead atoms. The van der Waals surface area contributed by atoms with E-state index in [-0.39, 0.29) is 22.6 Å². The molecule has 6 heteroatoms. The Labute approximate surface area is 124 Å². The second-order valence-corrected chi connectivity index (χ2v) is 5.66. The summed E-state index contributed by atoms with van der Waals surface area (Å²) in [6, 6.07) is 4.12. The van der Waals surface area contributed by atoms with Crippen LogP contribution in [-0.2, 0) is 4.79 Å². The van der Waals surface area contributed by atoms with Crippen LogP contribution in [0, 0.1) is 5.82 Å². The number of amides is 1. The highest BCUT2D eigenvalue weighted by Gasteiger charge is 2.30. The van der Waals surface area contributed by atoms with Crippen LogP contribution >= 0.6 is 15.9 Å². The number of aliphatic carboxylic acids is 1. The second kappa shape index (κ2) is 6.35. The molecule has 0 unspecified atom stereocenters. The molecule has 1 aliphatic rings. The van der Waals surface area contributed by atoms with Gasteiger partial charge in [-0.2, -0.15) is 0 Å². The minimum atomic E-state index is -1.06. The summed E-state index contributed by atoms with van der Waals surface area (Å²) >= 11 is 3.05. The number of hydrogen-bond donors (Lipinski definition) is 1. The molecule has 0 spiro atoms. The maximum absolute atomic E-state index is 13.5. The molecule has 4 nitrogen and oxygen atoms in total. The van der Waals surface area contributed by atoms with Crippen LogP contribution < -0.4 is 0 Å². The molecule has 1 N–H and O–H groups in total. The smallest absolute Gasteiger partial charge is 0.323 e. The summed E-state index contributed by atoms with van der Waals surface area (Å²) in [5.41, 5.74) is 0.165. The highest BCUT2D eigenvalue weighted by molar-refractivity contribution is 9.10. The van der Waals surface area contributed by atoms with Crippen LogP contribution in [0.2, 0.25) is 0 Å². The third-order valence-corrected chi connectivity index (χ3v) is 4.32. The molecule has 1 saturated carbocycles. The van der Waals surface area contributed by atoms with Gasteiger partial charge in [-0.25, -0.2) is 4.39 Å². The molecule has 0 saturated heterocycles. The van der Waals surface area contributed by atoms with E-state index in [9.17, 15) is 14.0 Å². The molecule has 1 aliphatic carbocycles. The van der Waals surface area contributed by atoms with Crippen molar-refractivity contribution in [3.05, 3.63) is 34.1 Å². The predicted octanol–water partition coefficient (Wildman–Crippen LogP) is 3.06. The van der Waals surface area contributed by atoms with Crippen molar-refractivity contribution in [2.75, 3.05) is 6.54 Å². The van der Waals surface area contributed by atoms with Crippen molar-refractivity contribution in [3.63, 3.8) is 0 Å². The Morgan fingerprint density at radius 2 is 2.00 bits per heavy atom. The zero-order chi connectivity index (χ0) is 14.7. The molecular formula is C14H15BrFNO3. The number of carbonyl (C=O) groups excluding carboxylic acids is 1. The van der Waals surface area contributed by atoms with E-state index in [0.717, 1.165) is 25.7 Å². The third-order valence-electron chi connectivity index (χ3n) is 3.51. The number of benzene rings is 1. The minimum Gasteiger partial charge on any atom is -0.480 e. The lowest BCUT2D eigenvalue weighted by Gasteiger charge is -2.27. The fraction of sp³-hybridized carbons (Fsp3) is 0.429. The van der Waals surface area contributed by atoms with Crippen LogP contribution in [-0.4, -0.2) is 34.5 Å². The molecule has 1 aromatic carbocycles. The highest BCUT2D eigenvalue weighted by atomic mass is 79.9. The van der Waals surface area contributed by atoms with Crippen LogP contribution in [0.1, 0.15) is 36.0 Å². The van der Waals surface area contributed by atoms with Gasteiger partial charge in [0.15, 0.2) is 0 Å². The Balaban J connectivity index is 2.29. The molecule has 1 aromatic rings. The van der Waals surface area contributed by atoms with Crippen LogP contribution in [0.25, 0.3) is 0 Å². The lowest BCUT2D eigenvalue weighted by Crippen LogP contribution is -2.42. The molecule has 0 aromatic heterocycles. The van der Waals surface area contributed by atoms with Gasteiger partial charge < -0.3 is 10.0 Å². The summed E-state index contributed by atoms with van der Waals surface area (Å²) in [6.45, 7) is -0.355. The summed E-state index contributed by atoms with van der Waals surface area (Å²) in [7, 11) is 0. The number of carboxylic acid groups (broad SMARTS) is 1. The van der Waals surface area contributed by atoms with Gasteiger partial charge in [0.1, 0.15) is 12.4 Å². The van der Waals surface area contributed by atoms with Crippen molar-refractivity contribution >= 4 is 27.8 Å². The summed E-state index contributed by atoms with van der Waals surface area (Å²) in [6.07, 6.45) is 3.56. The number of rotatable bonds is 4. The normalized spacial score (nSPS) is 15.3. The largest absolute Gasteiger partial charge is 0.480 e. The molecule has 0 radical (unpaired) electrons. The fourth-order valence-electron chi connectivity index (χ4n) is 2.55. The number of carbonyl (C=O) groups is 2. The molecule has 20 heavy (non-hydrogen) atoms. The molecule has 108 valence electrons. The lowest BCUT2D eigenvalue weighted by atomic mass is 10.1. The Morgan fingerprint density at radius 1 is 1.35 bits per heavy atom. The summed E-state index contributed by atoms with van der Waals surface area (Å²) in [5, 5.41) is 8.98. The maximum Gasteiger partial charge on any atom is 0.323 e. The van der Waals surface area contributed by atoms with E-state index in [0.29, 0.717) is 0 Å². The Kier molecular flexibility index (Phi) is 4.75. The summed E-state index contributed by atoms with van der Waals surface area (Å²) in [5.74, 6) is -2.03. The van der Waals surface area contributed by atoms with E-state index in [4.69, 9.17) is 5.11 Å². The van der Waals surface area contributed by atoms with Crippen LogP contribution in [0.4, 0.5) is 4.39 Å². The quantitative estimate of drug-likeness (QED) is 0.913. The van der Waals surface area contributed by atoms with Gasteiger partial charge in [-0.1, -0.05) is 18.9 Å². The van der Waals surface area contributed by atoms with Crippen molar-refractivity contribution < 1.29 is 19.1 Å². The molecule has 0 aliphatic heterocycles. The average Bonchev–Trinajstić information content (AvgIpc) is 2.92. The Bertz CT molecular complexity index is 529. The minimum absolute atomic E-state index is 0.0752. The number of carboxylic acids is 1. The van der Waals surface area contributed by atoms with E-state index in [2.05, 4.69) is 15.9 Å². The summed E-state index contributed by atoms with van der Waals surface area (Å²) < 4.78 is 13.6. The molecular weight excluding hydrogens is 329 g/mol. The van der Waals surface area contributed by atoms with Gasteiger partial charge in [0.2, 0.25) is 0 Å². The van der Waals surface area contributed by atoms with E-state index in [1.54, 1.807) is 0 Å². The third kappa shape index (κ3) is 3.17. The van der Waals surface area contributed by atoms with Crippen molar-refractivity contribution in [2.24, 2.45) is 0 Å². The SMILES string of the molecule is O=C(O)CN(C(=O)c1cccc(F)c1Br)C1CCCC1. The average molecular weight is 344 g/mol. The lowest BCUT2D eigenvalue weighted by molar-refractivity contribution is -0.138. The van der Waals surface area contributed by atoms with Gasteiger partial charge in [-0.05, 0) is 40.9 Å². The van der Waals surface area contributed by atoms with Crippen LogP contribution in [0.15, 0.2) is 22.7 Å². The van der Waals surface area contributed by atoms with Crippen molar-refractivity contribution in [1.29, 1.82) is 0 Å². The number of halogens is 2. The molecule has 2 rings (SSSR count). The standard InChI is InChI=1S/C14H15BrFNO3/c15-13-10(6-3-7-11(13)16)14(20)17(8-12(18)19)9-4-1-2-5-9/h3,6-7,9H,1-2,4-5,8H2,(H,18,19).